The van der Waals surface area contributed by atoms with Gasteiger partial charge in [0.2, 0.25) is 0 Å². The summed E-state index contributed by atoms with van der Waals surface area (Å²) in [5.41, 5.74) is -1.09. The highest BCUT2D eigenvalue weighted by molar-refractivity contribution is 5.85. The standard InChI is InChI=1S/C30H50O4/c1-24(2)21-12-16-28(7)22(26(21,5)14-13-23(24)31)10-9-19-20(11-15-27(19,28)6)29(8)17-18-30(33,34-29)25(3,4)32/h19-22,32-33H,9-18H2,1-8H3/t19-,20+,21+,22-,26+,27-,28-,29+,30-/m1/s1. The predicted molar refractivity (Wildman–Crippen MR) is 134 cm³/mol. The fourth-order valence-corrected chi connectivity index (χ4v) is 10.9. The Morgan fingerprint density at radius 1 is 0.794 bits per heavy atom. The van der Waals surface area contributed by atoms with E-state index in [1.807, 2.05) is 0 Å². The first-order valence-electron chi connectivity index (χ1n) is 14.1. The molecule has 0 aromatic heterocycles. The third-order valence-electron chi connectivity index (χ3n) is 13.2. The fourth-order valence-electron chi connectivity index (χ4n) is 10.9. The van der Waals surface area contributed by atoms with Crippen LogP contribution in [0, 0.1) is 45.3 Å². The lowest BCUT2D eigenvalue weighted by Crippen LogP contribution is -2.63. The van der Waals surface area contributed by atoms with E-state index in [0.29, 0.717) is 35.9 Å². The van der Waals surface area contributed by atoms with Gasteiger partial charge in [-0.25, -0.2) is 0 Å². The van der Waals surface area contributed by atoms with Crippen LogP contribution in [0.15, 0.2) is 0 Å². The number of carbonyl (C=O) groups is 1. The highest BCUT2D eigenvalue weighted by Gasteiger charge is 2.70. The number of carbonyl (C=O) groups excluding carboxylic acids is 1. The summed E-state index contributed by atoms with van der Waals surface area (Å²) < 4.78 is 6.46. The van der Waals surface area contributed by atoms with Crippen LogP contribution >= 0.6 is 0 Å². The number of fused-ring (bicyclic) bond motifs is 5. The molecule has 0 amide bonds. The average Bonchev–Trinajstić information content (AvgIpc) is 3.24. The second-order valence-corrected chi connectivity index (χ2v) is 15.2. The minimum atomic E-state index is -1.46. The zero-order chi connectivity index (χ0) is 25.2. The normalized spacial score (nSPS) is 54.9. The number of ketones is 1. The van der Waals surface area contributed by atoms with E-state index in [4.69, 9.17) is 4.74 Å². The summed E-state index contributed by atoms with van der Waals surface area (Å²) in [6.07, 6.45) is 10.3. The minimum absolute atomic E-state index is 0.197. The van der Waals surface area contributed by atoms with Crippen molar-refractivity contribution in [1.82, 2.24) is 0 Å². The summed E-state index contributed by atoms with van der Waals surface area (Å²) in [4.78, 5) is 12.9. The molecule has 4 saturated carbocycles. The molecule has 0 spiro atoms. The quantitative estimate of drug-likeness (QED) is 0.495. The third-order valence-corrected chi connectivity index (χ3v) is 13.2. The predicted octanol–water partition coefficient (Wildman–Crippen LogP) is 6.27. The van der Waals surface area contributed by atoms with Crippen LogP contribution in [0.3, 0.4) is 0 Å². The Morgan fingerprint density at radius 2 is 1.44 bits per heavy atom. The van der Waals surface area contributed by atoms with Gasteiger partial charge in [0.25, 0.3) is 0 Å². The molecule has 2 N–H and O–H groups in total. The number of Topliss-reactive ketones (excluding diaryl/α,β-unsaturated/α-hetero) is 1. The van der Waals surface area contributed by atoms with Crippen LogP contribution in [0.5, 0.6) is 0 Å². The van der Waals surface area contributed by atoms with E-state index in [9.17, 15) is 15.0 Å². The molecule has 9 atom stereocenters. The van der Waals surface area contributed by atoms with Crippen molar-refractivity contribution in [2.24, 2.45) is 45.3 Å². The summed E-state index contributed by atoms with van der Waals surface area (Å²) in [7, 11) is 0. The molecule has 0 aromatic rings. The van der Waals surface area contributed by atoms with Gasteiger partial charge in [-0.1, -0.05) is 34.6 Å². The molecule has 0 bridgehead atoms. The summed E-state index contributed by atoms with van der Waals surface area (Å²) in [6, 6.07) is 0. The lowest BCUT2D eigenvalue weighted by molar-refractivity contribution is -0.306. The van der Waals surface area contributed by atoms with E-state index in [1.165, 1.54) is 32.1 Å². The van der Waals surface area contributed by atoms with Gasteiger partial charge in [0.05, 0.1) is 5.60 Å². The Hall–Kier alpha value is -0.450. The van der Waals surface area contributed by atoms with Gasteiger partial charge in [-0.3, -0.25) is 4.79 Å². The lowest BCUT2D eigenvalue weighted by atomic mass is 9.35. The Kier molecular flexibility index (Phi) is 5.26. The maximum Gasteiger partial charge on any atom is 0.194 e. The van der Waals surface area contributed by atoms with Gasteiger partial charge in [0.15, 0.2) is 5.79 Å². The molecule has 1 aliphatic heterocycles. The molecular formula is C30H50O4. The molecule has 5 rings (SSSR count). The average molecular weight is 475 g/mol. The Balaban J connectivity index is 1.46. The lowest BCUT2D eigenvalue weighted by Gasteiger charge is -2.69. The van der Waals surface area contributed by atoms with Crippen LogP contribution in [-0.2, 0) is 9.53 Å². The first-order chi connectivity index (χ1) is 15.4. The van der Waals surface area contributed by atoms with E-state index < -0.39 is 11.4 Å². The van der Waals surface area contributed by atoms with Crippen LogP contribution in [0.4, 0.5) is 0 Å². The SMILES string of the molecule is CC1(C)C(=O)CC[C@]2(C)[C@H]3CC[C@@H]4[C@@H]([C@]5(C)CC[C@](O)(C(C)(C)O)O5)CC[C@@]4(C)[C@]3(C)CC[C@@H]12. The second-order valence-electron chi connectivity index (χ2n) is 15.2. The Morgan fingerprint density at radius 3 is 2.06 bits per heavy atom. The van der Waals surface area contributed by atoms with Gasteiger partial charge in [-0.15, -0.1) is 0 Å². The first-order valence-corrected chi connectivity index (χ1v) is 14.1. The van der Waals surface area contributed by atoms with E-state index >= 15 is 0 Å². The molecule has 0 unspecified atom stereocenters. The smallest absolute Gasteiger partial charge is 0.194 e. The maximum absolute atomic E-state index is 12.9. The molecule has 4 aliphatic carbocycles. The molecular weight excluding hydrogens is 424 g/mol. The molecule has 1 saturated heterocycles. The number of hydrogen-bond acceptors (Lipinski definition) is 4. The molecule has 4 heteroatoms. The summed E-state index contributed by atoms with van der Waals surface area (Å²) in [5, 5.41) is 21.8. The largest absolute Gasteiger partial charge is 0.385 e. The van der Waals surface area contributed by atoms with Crippen molar-refractivity contribution >= 4 is 5.78 Å². The van der Waals surface area contributed by atoms with E-state index in [2.05, 4.69) is 41.5 Å². The number of aliphatic hydroxyl groups is 2. The van der Waals surface area contributed by atoms with Gasteiger partial charge < -0.3 is 14.9 Å². The fraction of sp³-hybridized carbons (Fsp3) is 0.967. The van der Waals surface area contributed by atoms with Gasteiger partial charge in [0.1, 0.15) is 11.4 Å². The number of ether oxygens (including phenoxy) is 1. The van der Waals surface area contributed by atoms with Crippen molar-refractivity contribution < 1.29 is 19.7 Å². The Bertz CT molecular complexity index is 874. The summed E-state index contributed by atoms with van der Waals surface area (Å²) >= 11 is 0. The van der Waals surface area contributed by atoms with Crippen molar-refractivity contribution in [2.45, 2.75) is 137 Å². The molecule has 0 radical (unpaired) electrons. The van der Waals surface area contributed by atoms with E-state index in [1.54, 1.807) is 13.8 Å². The molecule has 4 nitrogen and oxygen atoms in total. The van der Waals surface area contributed by atoms with Crippen LogP contribution in [0.1, 0.15) is 120 Å². The second kappa shape index (κ2) is 7.10. The van der Waals surface area contributed by atoms with Crippen LogP contribution < -0.4 is 0 Å². The van der Waals surface area contributed by atoms with Crippen molar-refractivity contribution in [1.29, 1.82) is 0 Å². The highest BCUT2D eigenvalue weighted by atomic mass is 16.7. The Labute approximate surface area is 207 Å². The number of hydrogen-bond donors (Lipinski definition) is 2. The minimum Gasteiger partial charge on any atom is -0.385 e. The molecule has 1 heterocycles. The van der Waals surface area contributed by atoms with Gasteiger partial charge >= 0.3 is 0 Å². The van der Waals surface area contributed by atoms with Crippen molar-refractivity contribution in [3.8, 4) is 0 Å². The van der Waals surface area contributed by atoms with E-state index in [0.717, 1.165) is 25.7 Å². The molecule has 0 aromatic carbocycles. The summed E-state index contributed by atoms with van der Waals surface area (Å²) in [6.45, 7) is 17.7. The molecule has 5 aliphatic rings. The monoisotopic (exact) mass is 474 g/mol. The van der Waals surface area contributed by atoms with E-state index in [-0.39, 0.29) is 27.3 Å². The van der Waals surface area contributed by atoms with Crippen molar-refractivity contribution in [2.75, 3.05) is 0 Å². The van der Waals surface area contributed by atoms with Crippen molar-refractivity contribution in [3.63, 3.8) is 0 Å². The maximum atomic E-state index is 12.9. The summed E-state index contributed by atoms with van der Waals surface area (Å²) in [5.74, 6) is 1.17. The number of rotatable bonds is 2. The first kappa shape index (κ1) is 25.2. The topological polar surface area (TPSA) is 66.8 Å². The highest BCUT2D eigenvalue weighted by Crippen LogP contribution is 2.76. The van der Waals surface area contributed by atoms with Gasteiger partial charge in [-0.05, 0) is 112 Å². The van der Waals surface area contributed by atoms with Gasteiger partial charge in [-0.2, -0.15) is 0 Å². The zero-order valence-corrected chi connectivity index (χ0v) is 23.1. The molecule has 194 valence electrons. The zero-order valence-electron chi connectivity index (χ0n) is 23.1. The van der Waals surface area contributed by atoms with Gasteiger partial charge in [0, 0.05) is 18.3 Å². The van der Waals surface area contributed by atoms with Crippen LogP contribution in [0.2, 0.25) is 0 Å². The van der Waals surface area contributed by atoms with Crippen LogP contribution in [0.25, 0.3) is 0 Å². The molecule has 34 heavy (non-hydrogen) atoms. The van der Waals surface area contributed by atoms with Crippen molar-refractivity contribution in [3.05, 3.63) is 0 Å². The van der Waals surface area contributed by atoms with Crippen LogP contribution in [-0.4, -0.2) is 33.0 Å². The molecule has 5 fully saturated rings. The third kappa shape index (κ3) is 2.97.